The lowest BCUT2D eigenvalue weighted by molar-refractivity contribution is -0.142. The van der Waals surface area contributed by atoms with Gasteiger partial charge < -0.3 is 5.32 Å². The number of halogens is 4. The molecule has 0 radical (unpaired) electrons. The number of nitrogens with zero attached hydrogens (tertiary/aromatic N) is 4. The lowest BCUT2D eigenvalue weighted by atomic mass is 10.1. The Morgan fingerprint density at radius 2 is 1.69 bits per heavy atom. The number of alkyl halides is 3. The van der Waals surface area contributed by atoms with E-state index in [0.29, 0.717) is 15.8 Å². The zero-order valence-electron chi connectivity index (χ0n) is 14.5. The third-order valence-electron chi connectivity index (χ3n) is 4.03. The molecule has 0 aliphatic carbocycles. The van der Waals surface area contributed by atoms with Gasteiger partial charge in [0.2, 0.25) is 0 Å². The fourth-order valence-electron chi connectivity index (χ4n) is 2.69. The van der Waals surface area contributed by atoms with Crippen LogP contribution in [-0.2, 0) is 6.18 Å². The van der Waals surface area contributed by atoms with E-state index in [0.717, 1.165) is 24.3 Å². The molecule has 0 unspecified atom stereocenters. The minimum Gasteiger partial charge on any atom is -0.320 e. The van der Waals surface area contributed by atoms with Crippen molar-refractivity contribution in [2.45, 2.75) is 6.18 Å². The summed E-state index contributed by atoms with van der Waals surface area (Å²) in [5, 5.41) is 6.30. The van der Waals surface area contributed by atoms with E-state index in [1.807, 2.05) is 0 Å². The molecule has 3 aromatic heterocycles. The van der Waals surface area contributed by atoms with Crippen molar-refractivity contribution >= 4 is 17.2 Å². The molecule has 0 aliphatic rings. The van der Waals surface area contributed by atoms with Crippen LogP contribution in [-0.4, -0.2) is 25.5 Å². The van der Waals surface area contributed by atoms with Gasteiger partial charge in [-0.15, -0.1) is 0 Å². The molecule has 0 saturated heterocycles. The molecule has 3 heterocycles. The summed E-state index contributed by atoms with van der Waals surface area (Å²) < 4.78 is 54.4. The number of nitrogens with one attached hydrogen (secondary N) is 1. The fourth-order valence-corrected chi connectivity index (χ4v) is 2.69. The molecule has 0 saturated carbocycles. The quantitative estimate of drug-likeness (QED) is 0.523. The number of carbonyl (C=O) groups excluding carboxylic acids is 1. The average Bonchev–Trinajstić information content (AvgIpc) is 3.12. The Morgan fingerprint density at radius 3 is 2.34 bits per heavy atom. The molecule has 1 N–H and O–H groups in total. The number of rotatable bonds is 3. The van der Waals surface area contributed by atoms with Crippen LogP contribution in [0, 0.1) is 5.82 Å². The molecule has 29 heavy (non-hydrogen) atoms. The van der Waals surface area contributed by atoms with Crippen LogP contribution < -0.4 is 5.32 Å². The number of aromatic nitrogens is 4. The smallest absolute Gasteiger partial charge is 0.320 e. The van der Waals surface area contributed by atoms with Gasteiger partial charge >= 0.3 is 6.18 Å². The number of amides is 1. The van der Waals surface area contributed by atoms with Gasteiger partial charge in [-0.2, -0.15) is 18.3 Å². The molecule has 0 spiro atoms. The van der Waals surface area contributed by atoms with Crippen molar-refractivity contribution in [2.24, 2.45) is 0 Å². The average molecular weight is 401 g/mol. The molecule has 0 fully saturated rings. The Bertz CT molecular complexity index is 1190. The lowest BCUT2D eigenvalue weighted by Gasteiger charge is -2.11. The Balaban J connectivity index is 1.80. The predicted molar refractivity (Wildman–Crippen MR) is 95.6 cm³/mol. The van der Waals surface area contributed by atoms with E-state index < -0.39 is 23.6 Å². The van der Waals surface area contributed by atoms with E-state index in [2.05, 4.69) is 20.4 Å². The summed E-state index contributed by atoms with van der Waals surface area (Å²) in [5.41, 5.74) is -0.827. The molecule has 0 aliphatic heterocycles. The summed E-state index contributed by atoms with van der Waals surface area (Å²) in [5.74, 6) is -1.22. The van der Waals surface area contributed by atoms with Crippen molar-refractivity contribution < 1.29 is 22.4 Å². The van der Waals surface area contributed by atoms with Gasteiger partial charge in [-0.3, -0.25) is 9.78 Å². The van der Waals surface area contributed by atoms with Crippen LogP contribution in [0.3, 0.4) is 0 Å². The van der Waals surface area contributed by atoms with Crippen molar-refractivity contribution in [3.05, 3.63) is 78.1 Å². The highest BCUT2D eigenvalue weighted by molar-refractivity contribution is 6.03. The highest BCUT2D eigenvalue weighted by Gasteiger charge is 2.35. The summed E-state index contributed by atoms with van der Waals surface area (Å²) in [4.78, 5) is 20.3. The topological polar surface area (TPSA) is 72.2 Å². The van der Waals surface area contributed by atoms with Crippen molar-refractivity contribution in [1.29, 1.82) is 0 Å². The molecule has 4 aromatic rings. The number of fused-ring (bicyclic) bond motifs is 1. The zero-order chi connectivity index (χ0) is 20.6. The summed E-state index contributed by atoms with van der Waals surface area (Å²) >= 11 is 0. The predicted octanol–water partition coefficient (Wildman–Crippen LogP) is 4.20. The second-order valence-corrected chi connectivity index (χ2v) is 6.02. The number of hydrogen-bond donors (Lipinski definition) is 1. The van der Waals surface area contributed by atoms with Gasteiger partial charge in [0.05, 0.1) is 5.69 Å². The van der Waals surface area contributed by atoms with E-state index in [9.17, 15) is 22.4 Å². The SMILES string of the molecule is O=C(Nc1ccncc1)c1cc2nc(-c3ccc(F)cc3)cc(C(F)(F)F)n2n1. The third kappa shape index (κ3) is 3.77. The maximum absolute atomic E-state index is 13.6. The molecule has 1 amide bonds. The largest absolute Gasteiger partial charge is 0.433 e. The molecule has 6 nitrogen and oxygen atoms in total. The van der Waals surface area contributed by atoms with Crippen LogP contribution in [0.25, 0.3) is 16.9 Å². The van der Waals surface area contributed by atoms with Gasteiger partial charge in [-0.05, 0) is 42.5 Å². The first-order chi connectivity index (χ1) is 13.8. The van der Waals surface area contributed by atoms with E-state index in [-0.39, 0.29) is 17.0 Å². The van der Waals surface area contributed by atoms with Crippen LogP contribution >= 0.6 is 0 Å². The standard InChI is InChI=1S/C19H11F4N5O/c20-12-3-1-11(2-4-12)14-9-16(19(21,22)23)28-17(26-14)10-15(27-28)18(29)25-13-5-7-24-8-6-13/h1-10H,(H,24,25,29). The lowest BCUT2D eigenvalue weighted by Crippen LogP contribution is -2.15. The first-order valence-electron chi connectivity index (χ1n) is 8.26. The fraction of sp³-hybridized carbons (Fsp3) is 0.0526. The summed E-state index contributed by atoms with van der Waals surface area (Å²) in [6.45, 7) is 0. The summed E-state index contributed by atoms with van der Waals surface area (Å²) in [6, 6.07) is 9.90. The van der Waals surface area contributed by atoms with Crippen molar-refractivity contribution in [2.75, 3.05) is 5.32 Å². The molecular weight excluding hydrogens is 390 g/mol. The Morgan fingerprint density at radius 1 is 1.00 bits per heavy atom. The van der Waals surface area contributed by atoms with E-state index in [1.165, 1.54) is 36.7 Å². The maximum atomic E-state index is 13.6. The Kier molecular flexibility index (Phi) is 4.45. The van der Waals surface area contributed by atoms with Crippen LogP contribution in [0.15, 0.2) is 60.9 Å². The van der Waals surface area contributed by atoms with Gasteiger partial charge in [0.15, 0.2) is 17.0 Å². The van der Waals surface area contributed by atoms with Gasteiger partial charge in [-0.1, -0.05) is 0 Å². The molecule has 0 bridgehead atoms. The first-order valence-corrected chi connectivity index (χ1v) is 8.26. The van der Waals surface area contributed by atoms with E-state index >= 15 is 0 Å². The monoisotopic (exact) mass is 401 g/mol. The van der Waals surface area contributed by atoms with Gasteiger partial charge in [0.25, 0.3) is 5.91 Å². The molecular formula is C19H11F4N5O. The van der Waals surface area contributed by atoms with Crippen molar-refractivity contribution in [1.82, 2.24) is 19.6 Å². The maximum Gasteiger partial charge on any atom is 0.433 e. The minimum absolute atomic E-state index is 0.0224. The highest BCUT2D eigenvalue weighted by atomic mass is 19.4. The number of carbonyl (C=O) groups is 1. The molecule has 0 atom stereocenters. The van der Waals surface area contributed by atoms with Gasteiger partial charge in [0.1, 0.15) is 5.82 Å². The zero-order valence-corrected chi connectivity index (χ0v) is 14.5. The van der Waals surface area contributed by atoms with Crippen LogP contribution in [0.1, 0.15) is 16.2 Å². The van der Waals surface area contributed by atoms with Crippen molar-refractivity contribution in [3.8, 4) is 11.3 Å². The number of hydrogen-bond acceptors (Lipinski definition) is 4. The van der Waals surface area contributed by atoms with Crippen molar-refractivity contribution in [3.63, 3.8) is 0 Å². The molecule has 4 rings (SSSR count). The second-order valence-electron chi connectivity index (χ2n) is 6.02. The van der Waals surface area contributed by atoms with Crippen LogP contribution in [0.4, 0.5) is 23.2 Å². The summed E-state index contributed by atoms with van der Waals surface area (Å²) in [7, 11) is 0. The molecule has 10 heteroatoms. The summed E-state index contributed by atoms with van der Waals surface area (Å²) in [6.07, 6.45) is -1.84. The molecule has 1 aromatic carbocycles. The van der Waals surface area contributed by atoms with E-state index in [4.69, 9.17) is 0 Å². The Hall–Kier alpha value is -3.82. The van der Waals surface area contributed by atoms with Crippen LogP contribution in [0.5, 0.6) is 0 Å². The number of benzene rings is 1. The third-order valence-corrected chi connectivity index (χ3v) is 4.03. The minimum atomic E-state index is -4.75. The van der Waals surface area contributed by atoms with E-state index in [1.54, 1.807) is 0 Å². The Labute approximate surface area is 160 Å². The first kappa shape index (κ1) is 18.5. The number of anilines is 1. The highest BCUT2D eigenvalue weighted by Crippen LogP contribution is 2.32. The van der Waals surface area contributed by atoms with Crippen LogP contribution in [0.2, 0.25) is 0 Å². The normalized spacial score (nSPS) is 11.6. The molecule has 146 valence electrons. The second kappa shape index (κ2) is 6.97. The number of pyridine rings is 1. The van der Waals surface area contributed by atoms with Gasteiger partial charge in [-0.25, -0.2) is 13.9 Å². The van der Waals surface area contributed by atoms with Gasteiger partial charge in [0, 0.05) is 29.7 Å².